The summed E-state index contributed by atoms with van der Waals surface area (Å²) in [4.78, 5) is 12.5. The van der Waals surface area contributed by atoms with Crippen LogP contribution in [0.25, 0.3) is 0 Å². The van der Waals surface area contributed by atoms with Crippen LogP contribution in [-0.2, 0) is 4.79 Å². The summed E-state index contributed by atoms with van der Waals surface area (Å²) in [5.41, 5.74) is 0. The molecule has 0 saturated heterocycles. The lowest BCUT2D eigenvalue weighted by molar-refractivity contribution is -0.138. The Morgan fingerprint density at radius 3 is 2.29 bits per heavy atom. The molecule has 0 saturated carbocycles. The highest BCUT2D eigenvalue weighted by atomic mass is 16.4. The lowest BCUT2D eigenvalue weighted by atomic mass is 10.1. The van der Waals surface area contributed by atoms with Gasteiger partial charge >= 0.3 is 5.97 Å². The fraction of sp³-hybridized carbons (Fsp3) is 0.786. The summed E-state index contributed by atoms with van der Waals surface area (Å²) < 4.78 is 0. The second-order valence-corrected chi connectivity index (χ2v) is 4.54. The van der Waals surface area contributed by atoms with Crippen molar-refractivity contribution in [3.8, 4) is 0 Å². The maximum Gasteiger partial charge on any atom is 0.317 e. The summed E-state index contributed by atoms with van der Waals surface area (Å²) in [5.74, 6) is -0.755. The highest BCUT2D eigenvalue weighted by Gasteiger charge is 2.06. The van der Waals surface area contributed by atoms with E-state index in [2.05, 4.69) is 13.5 Å². The average molecular weight is 241 g/mol. The molecular formula is C14H27NO2. The summed E-state index contributed by atoms with van der Waals surface area (Å²) in [6, 6.07) is 0. The first-order valence-electron chi connectivity index (χ1n) is 6.75. The van der Waals surface area contributed by atoms with E-state index in [0.717, 1.165) is 13.0 Å². The third-order valence-electron chi connectivity index (χ3n) is 2.82. The number of unbranched alkanes of at least 4 members (excludes halogenated alkanes) is 6. The molecule has 0 aromatic heterocycles. The van der Waals surface area contributed by atoms with Gasteiger partial charge in [0.2, 0.25) is 0 Å². The number of hydrogen-bond acceptors (Lipinski definition) is 2. The molecule has 0 aliphatic carbocycles. The summed E-state index contributed by atoms with van der Waals surface area (Å²) in [6.45, 7) is 7.54. The predicted molar refractivity (Wildman–Crippen MR) is 72.3 cm³/mol. The molecule has 0 bridgehead atoms. The molecule has 0 aromatic carbocycles. The maximum atomic E-state index is 10.6. The Bertz CT molecular complexity index is 204. The number of carbonyl (C=O) groups is 1. The van der Waals surface area contributed by atoms with Gasteiger partial charge in [-0.15, -0.1) is 6.58 Å². The van der Waals surface area contributed by atoms with Crippen LogP contribution in [0.4, 0.5) is 0 Å². The molecule has 0 amide bonds. The van der Waals surface area contributed by atoms with Gasteiger partial charge in [-0.1, -0.05) is 51.5 Å². The first-order valence-corrected chi connectivity index (χ1v) is 6.75. The largest absolute Gasteiger partial charge is 0.480 e. The fourth-order valence-corrected chi connectivity index (χ4v) is 1.90. The Morgan fingerprint density at radius 2 is 1.76 bits per heavy atom. The zero-order valence-corrected chi connectivity index (χ0v) is 11.2. The number of carboxylic acid groups (broad SMARTS) is 1. The lowest BCUT2D eigenvalue weighted by Crippen LogP contribution is -2.30. The van der Waals surface area contributed by atoms with Gasteiger partial charge in [-0.25, -0.2) is 0 Å². The Balaban J connectivity index is 3.47. The van der Waals surface area contributed by atoms with Gasteiger partial charge in [0.15, 0.2) is 0 Å². The van der Waals surface area contributed by atoms with Crippen LogP contribution in [0, 0.1) is 0 Å². The van der Waals surface area contributed by atoms with Gasteiger partial charge in [0.05, 0.1) is 6.54 Å². The van der Waals surface area contributed by atoms with Crippen LogP contribution >= 0.6 is 0 Å². The second-order valence-electron chi connectivity index (χ2n) is 4.54. The summed E-state index contributed by atoms with van der Waals surface area (Å²) in [7, 11) is 0. The van der Waals surface area contributed by atoms with E-state index in [1.165, 1.54) is 38.5 Å². The molecule has 17 heavy (non-hydrogen) atoms. The molecule has 0 heterocycles. The van der Waals surface area contributed by atoms with Gasteiger partial charge in [0.1, 0.15) is 0 Å². The van der Waals surface area contributed by atoms with E-state index in [1.807, 2.05) is 4.90 Å². The van der Waals surface area contributed by atoms with Crippen LogP contribution in [0.15, 0.2) is 12.7 Å². The predicted octanol–water partition coefficient (Wildman–Crippen LogP) is 3.31. The van der Waals surface area contributed by atoms with E-state index in [-0.39, 0.29) is 6.54 Å². The minimum Gasteiger partial charge on any atom is -0.480 e. The fourth-order valence-electron chi connectivity index (χ4n) is 1.90. The lowest BCUT2D eigenvalue weighted by Gasteiger charge is -2.17. The van der Waals surface area contributed by atoms with Crippen LogP contribution in [0.5, 0.6) is 0 Å². The van der Waals surface area contributed by atoms with Gasteiger partial charge in [-0.05, 0) is 13.0 Å². The van der Waals surface area contributed by atoms with Crippen LogP contribution in [-0.4, -0.2) is 35.6 Å². The molecule has 0 aliphatic rings. The molecule has 0 fully saturated rings. The maximum absolute atomic E-state index is 10.6. The van der Waals surface area contributed by atoms with Crippen molar-refractivity contribution in [2.45, 2.75) is 51.9 Å². The van der Waals surface area contributed by atoms with Crippen molar-refractivity contribution in [1.82, 2.24) is 4.90 Å². The first kappa shape index (κ1) is 16.2. The number of hydrogen-bond donors (Lipinski definition) is 1. The molecule has 0 aromatic rings. The molecule has 100 valence electrons. The van der Waals surface area contributed by atoms with E-state index >= 15 is 0 Å². The Hall–Kier alpha value is -0.830. The first-order chi connectivity index (χ1) is 8.20. The van der Waals surface area contributed by atoms with Crippen LogP contribution < -0.4 is 0 Å². The standard InChI is InChI=1S/C14H27NO2/c1-3-5-6-7-8-9-10-12-15(11-4-2)13-14(16)17/h4H,2-3,5-13H2,1H3,(H,16,17). The van der Waals surface area contributed by atoms with E-state index < -0.39 is 5.97 Å². The zero-order valence-electron chi connectivity index (χ0n) is 11.2. The van der Waals surface area contributed by atoms with Crippen LogP contribution in [0.3, 0.4) is 0 Å². The molecule has 0 rings (SSSR count). The summed E-state index contributed by atoms with van der Waals surface area (Å²) in [5, 5.41) is 8.73. The molecule has 0 aliphatic heterocycles. The van der Waals surface area contributed by atoms with E-state index in [4.69, 9.17) is 5.11 Å². The molecular weight excluding hydrogens is 214 g/mol. The van der Waals surface area contributed by atoms with Crippen molar-refractivity contribution in [3.05, 3.63) is 12.7 Å². The van der Waals surface area contributed by atoms with Gasteiger partial charge < -0.3 is 5.11 Å². The molecule has 3 nitrogen and oxygen atoms in total. The molecule has 0 atom stereocenters. The van der Waals surface area contributed by atoms with Crippen molar-refractivity contribution >= 4 is 5.97 Å². The molecule has 0 radical (unpaired) electrons. The van der Waals surface area contributed by atoms with Crippen molar-refractivity contribution < 1.29 is 9.90 Å². The van der Waals surface area contributed by atoms with Crippen molar-refractivity contribution in [1.29, 1.82) is 0 Å². The van der Waals surface area contributed by atoms with Crippen molar-refractivity contribution in [2.24, 2.45) is 0 Å². The van der Waals surface area contributed by atoms with Gasteiger partial charge in [-0.3, -0.25) is 9.69 Å². The highest BCUT2D eigenvalue weighted by molar-refractivity contribution is 5.69. The van der Waals surface area contributed by atoms with Gasteiger partial charge in [0.25, 0.3) is 0 Å². The topological polar surface area (TPSA) is 40.5 Å². The third kappa shape index (κ3) is 11.4. The quantitative estimate of drug-likeness (QED) is 0.421. The van der Waals surface area contributed by atoms with Crippen molar-refractivity contribution in [3.63, 3.8) is 0 Å². The smallest absolute Gasteiger partial charge is 0.317 e. The second kappa shape index (κ2) is 11.6. The Morgan fingerprint density at radius 1 is 1.18 bits per heavy atom. The monoisotopic (exact) mass is 241 g/mol. The van der Waals surface area contributed by atoms with Crippen LogP contribution in [0.1, 0.15) is 51.9 Å². The molecule has 0 spiro atoms. The summed E-state index contributed by atoms with van der Waals surface area (Å²) >= 11 is 0. The van der Waals surface area contributed by atoms with Crippen molar-refractivity contribution in [2.75, 3.05) is 19.6 Å². The highest BCUT2D eigenvalue weighted by Crippen LogP contribution is 2.07. The SMILES string of the molecule is C=CCN(CCCCCCCCC)CC(=O)O. The van der Waals surface area contributed by atoms with E-state index in [0.29, 0.717) is 6.54 Å². The van der Waals surface area contributed by atoms with Gasteiger partial charge in [0, 0.05) is 6.54 Å². The van der Waals surface area contributed by atoms with E-state index in [1.54, 1.807) is 6.08 Å². The Kier molecular flexibility index (Phi) is 11.1. The van der Waals surface area contributed by atoms with Gasteiger partial charge in [-0.2, -0.15) is 0 Å². The molecule has 3 heteroatoms. The minimum absolute atomic E-state index is 0.127. The number of nitrogens with zero attached hydrogens (tertiary/aromatic N) is 1. The van der Waals surface area contributed by atoms with E-state index in [9.17, 15) is 4.79 Å². The number of rotatable bonds is 12. The third-order valence-corrected chi connectivity index (χ3v) is 2.82. The zero-order chi connectivity index (χ0) is 12.9. The molecule has 0 unspecified atom stereocenters. The molecule has 1 N–H and O–H groups in total. The number of aliphatic carboxylic acids is 1. The average Bonchev–Trinajstić information content (AvgIpc) is 2.27. The summed E-state index contributed by atoms with van der Waals surface area (Å²) in [6.07, 6.45) is 10.6. The minimum atomic E-state index is -0.755. The van der Waals surface area contributed by atoms with Crippen LogP contribution in [0.2, 0.25) is 0 Å². The number of carboxylic acids is 1. The Labute approximate surface area is 106 Å². The normalized spacial score (nSPS) is 10.7.